The number of anilines is 1. The molecule has 2 aliphatic heterocycles. The fourth-order valence-corrected chi connectivity index (χ4v) is 5.06. The smallest absolute Gasteiger partial charge is 0.339 e. The lowest BCUT2D eigenvalue weighted by Crippen LogP contribution is -2.39. The molecule has 1 saturated heterocycles. The van der Waals surface area contributed by atoms with E-state index in [4.69, 9.17) is 0 Å². The number of fused-ring (bicyclic) bond motifs is 1. The molecule has 2 aliphatic rings. The summed E-state index contributed by atoms with van der Waals surface area (Å²) in [6, 6.07) is 12.2. The molecule has 0 radical (unpaired) electrons. The summed E-state index contributed by atoms with van der Waals surface area (Å²) in [5.74, 6) is -0.172. The summed E-state index contributed by atoms with van der Waals surface area (Å²) < 4.78 is 39.4. The average Bonchev–Trinajstić information content (AvgIpc) is 2.76. The number of amides is 2. The van der Waals surface area contributed by atoms with E-state index in [0.29, 0.717) is 30.3 Å². The molecule has 2 heterocycles. The molecular weight excluding hydrogens is 437 g/mol. The fourth-order valence-electron chi connectivity index (χ4n) is 4.04. The second-order valence-electron chi connectivity index (χ2n) is 8.20. The van der Waals surface area contributed by atoms with Crippen molar-refractivity contribution in [1.29, 1.82) is 0 Å². The minimum absolute atomic E-state index is 0.0212. The van der Waals surface area contributed by atoms with Crippen LogP contribution in [0.25, 0.3) is 0 Å². The van der Waals surface area contributed by atoms with E-state index in [1.165, 1.54) is 28.8 Å². The first-order valence-electron chi connectivity index (χ1n) is 10.5. The van der Waals surface area contributed by atoms with Crippen molar-refractivity contribution in [1.82, 2.24) is 4.90 Å². The van der Waals surface area contributed by atoms with E-state index >= 15 is 0 Å². The number of likely N-dealkylation sites (tertiary alicyclic amines) is 1. The van der Waals surface area contributed by atoms with Gasteiger partial charge in [0.15, 0.2) is 0 Å². The van der Waals surface area contributed by atoms with Crippen LogP contribution in [-0.4, -0.2) is 29.8 Å². The highest BCUT2D eigenvalue weighted by Gasteiger charge is 2.33. The monoisotopic (exact) mass is 460 g/mol. The molecule has 4 rings (SSSR count). The number of para-hydroxylation sites is 1. The molecule has 0 aromatic heterocycles. The highest BCUT2D eigenvalue weighted by atomic mass is 32.2. The van der Waals surface area contributed by atoms with Crippen molar-refractivity contribution in [3.63, 3.8) is 0 Å². The molecule has 1 unspecified atom stereocenters. The number of benzene rings is 2. The Labute approximate surface area is 189 Å². The van der Waals surface area contributed by atoms with Crippen molar-refractivity contribution < 1.29 is 22.8 Å². The van der Waals surface area contributed by atoms with Gasteiger partial charge in [0.05, 0.1) is 22.7 Å². The Balaban J connectivity index is 1.63. The molecule has 32 heavy (non-hydrogen) atoms. The van der Waals surface area contributed by atoms with Gasteiger partial charge in [-0.25, -0.2) is 0 Å². The molecule has 168 valence electrons. The summed E-state index contributed by atoms with van der Waals surface area (Å²) in [6.07, 6.45) is -1.08. The van der Waals surface area contributed by atoms with Gasteiger partial charge in [0.1, 0.15) is 0 Å². The summed E-state index contributed by atoms with van der Waals surface area (Å²) in [6.45, 7) is 3.40. The Hall–Kier alpha value is -2.74. The summed E-state index contributed by atoms with van der Waals surface area (Å²) in [5.41, 5.74) is 0.230. The average molecular weight is 461 g/mol. The number of rotatable bonds is 3. The van der Waals surface area contributed by atoms with E-state index in [1.807, 2.05) is 12.1 Å². The Kier molecular flexibility index (Phi) is 6.33. The highest BCUT2D eigenvalue weighted by Crippen LogP contribution is 2.42. The van der Waals surface area contributed by atoms with Crippen LogP contribution in [0.1, 0.15) is 30.9 Å². The lowest BCUT2D eigenvalue weighted by Gasteiger charge is -2.32. The van der Waals surface area contributed by atoms with E-state index in [2.05, 4.69) is 6.92 Å². The SMILES string of the molecule is CC1CCCN(C(=O)/C=C2/Sc3ccccc3N(Cc3cccc(C(F)(F)F)c3)C2=O)C1. The third-order valence-electron chi connectivity index (χ3n) is 5.65. The van der Waals surface area contributed by atoms with Gasteiger partial charge >= 0.3 is 6.18 Å². The predicted octanol–water partition coefficient (Wildman–Crippen LogP) is 5.49. The van der Waals surface area contributed by atoms with Crippen LogP contribution in [0.5, 0.6) is 0 Å². The first kappa shape index (κ1) is 22.5. The number of carbonyl (C=O) groups excluding carboxylic acids is 2. The second kappa shape index (κ2) is 9.02. The van der Waals surface area contributed by atoms with Crippen LogP contribution in [0.4, 0.5) is 18.9 Å². The van der Waals surface area contributed by atoms with Crippen LogP contribution in [0.2, 0.25) is 0 Å². The number of piperidine rings is 1. The highest BCUT2D eigenvalue weighted by molar-refractivity contribution is 8.04. The zero-order valence-corrected chi connectivity index (χ0v) is 18.4. The van der Waals surface area contributed by atoms with E-state index in [9.17, 15) is 22.8 Å². The van der Waals surface area contributed by atoms with Crippen LogP contribution < -0.4 is 4.90 Å². The van der Waals surface area contributed by atoms with Crippen LogP contribution >= 0.6 is 11.8 Å². The van der Waals surface area contributed by atoms with Crippen molar-refractivity contribution in [2.24, 2.45) is 5.92 Å². The maximum absolute atomic E-state index is 13.3. The molecule has 2 aromatic rings. The first-order valence-corrected chi connectivity index (χ1v) is 11.3. The minimum Gasteiger partial charge on any atom is -0.339 e. The maximum Gasteiger partial charge on any atom is 0.416 e. The summed E-state index contributed by atoms with van der Waals surface area (Å²) in [7, 11) is 0. The molecule has 8 heteroatoms. The molecule has 4 nitrogen and oxygen atoms in total. The van der Waals surface area contributed by atoms with Gasteiger partial charge in [0.25, 0.3) is 5.91 Å². The van der Waals surface area contributed by atoms with Gasteiger partial charge in [0, 0.05) is 24.1 Å². The molecule has 0 bridgehead atoms. The Bertz CT molecular complexity index is 1070. The van der Waals surface area contributed by atoms with Crippen molar-refractivity contribution in [3.05, 3.63) is 70.6 Å². The Morgan fingerprint density at radius 2 is 1.97 bits per heavy atom. The maximum atomic E-state index is 13.3. The molecule has 1 atom stereocenters. The second-order valence-corrected chi connectivity index (χ2v) is 9.28. The van der Waals surface area contributed by atoms with Gasteiger partial charge in [-0.05, 0) is 48.6 Å². The molecule has 0 N–H and O–H groups in total. The largest absolute Gasteiger partial charge is 0.416 e. The summed E-state index contributed by atoms with van der Waals surface area (Å²) in [4.78, 5) is 30.4. The fraction of sp³-hybridized carbons (Fsp3) is 0.333. The molecule has 0 aliphatic carbocycles. The van der Waals surface area contributed by atoms with Crippen LogP contribution in [0.15, 0.2) is 64.4 Å². The molecule has 0 saturated carbocycles. The Morgan fingerprint density at radius 3 is 2.72 bits per heavy atom. The number of carbonyl (C=O) groups is 2. The van der Waals surface area contributed by atoms with E-state index in [1.54, 1.807) is 23.1 Å². The predicted molar refractivity (Wildman–Crippen MR) is 118 cm³/mol. The third-order valence-corrected chi connectivity index (χ3v) is 6.73. The summed E-state index contributed by atoms with van der Waals surface area (Å²) >= 11 is 1.22. The van der Waals surface area contributed by atoms with Gasteiger partial charge in [0.2, 0.25) is 5.91 Å². The van der Waals surface area contributed by atoms with Crippen molar-refractivity contribution >= 4 is 29.3 Å². The molecule has 1 fully saturated rings. The van der Waals surface area contributed by atoms with Crippen LogP contribution in [-0.2, 0) is 22.3 Å². The minimum atomic E-state index is -4.46. The van der Waals surface area contributed by atoms with Crippen LogP contribution in [0, 0.1) is 5.92 Å². The molecule has 0 spiro atoms. The lowest BCUT2D eigenvalue weighted by atomic mass is 10.0. The number of alkyl halides is 3. The number of hydrogen-bond donors (Lipinski definition) is 0. The number of hydrogen-bond acceptors (Lipinski definition) is 3. The third kappa shape index (κ3) is 4.85. The summed E-state index contributed by atoms with van der Waals surface area (Å²) in [5, 5.41) is 0. The molecule has 2 aromatic carbocycles. The van der Waals surface area contributed by atoms with Crippen molar-refractivity contribution in [2.75, 3.05) is 18.0 Å². The Morgan fingerprint density at radius 1 is 1.19 bits per heavy atom. The lowest BCUT2D eigenvalue weighted by molar-refractivity contribution is -0.137. The molecular formula is C24H23F3N2O2S. The normalized spacial score (nSPS) is 20.4. The van der Waals surface area contributed by atoms with Gasteiger partial charge in [-0.15, -0.1) is 0 Å². The van der Waals surface area contributed by atoms with E-state index in [0.717, 1.165) is 29.9 Å². The number of halogens is 3. The van der Waals surface area contributed by atoms with Crippen molar-refractivity contribution in [2.45, 2.75) is 37.4 Å². The van der Waals surface area contributed by atoms with Crippen LogP contribution in [0.3, 0.4) is 0 Å². The van der Waals surface area contributed by atoms with Gasteiger partial charge in [-0.2, -0.15) is 13.2 Å². The number of nitrogens with zero attached hydrogens (tertiary/aromatic N) is 2. The zero-order chi connectivity index (χ0) is 22.9. The van der Waals surface area contributed by atoms with Gasteiger partial charge in [-0.1, -0.05) is 43.0 Å². The topological polar surface area (TPSA) is 40.6 Å². The van der Waals surface area contributed by atoms with Gasteiger partial charge in [-0.3, -0.25) is 9.59 Å². The van der Waals surface area contributed by atoms with Gasteiger partial charge < -0.3 is 9.80 Å². The molecule has 2 amide bonds. The number of thioether (sulfide) groups is 1. The quantitative estimate of drug-likeness (QED) is 0.569. The standard InChI is InChI=1S/C24H23F3N2O2S/c1-16-6-5-11-28(14-16)22(30)13-21-23(31)29(19-9-2-3-10-20(19)32-21)15-17-7-4-8-18(12-17)24(25,26)27/h2-4,7-10,12-13,16H,5-6,11,14-15H2,1H3/b21-13+. The first-order chi connectivity index (χ1) is 15.2. The zero-order valence-electron chi connectivity index (χ0n) is 17.6. The van der Waals surface area contributed by atoms with E-state index < -0.39 is 11.7 Å². The van der Waals surface area contributed by atoms with E-state index in [-0.39, 0.29) is 23.3 Å². The van der Waals surface area contributed by atoms with Crippen molar-refractivity contribution in [3.8, 4) is 0 Å².